The Balaban J connectivity index is 2.07. The Morgan fingerprint density at radius 3 is 2.33 bits per heavy atom. The fraction of sp³-hybridized carbons (Fsp3) is 0.684. The van der Waals surface area contributed by atoms with E-state index in [1.165, 1.54) is 24.8 Å². The van der Waals surface area contributed by atoms with Crippen LogP contribution in [0.2, 0.25) is 0 Å². The molecule has 0 radical (unpaired) electrons. The minimum absolute atomic E-state index is 0.636. The molecule has 21 heavy (non-hydrogen) atoms. The number of benzene rings is 1. The van der Waals surface area contributed by atoms with E-state index in [1.54, 1.807) is 0 Å². The molecule has 0 saturated heterocycles. The molecule has 0 aliphatic rings. The number of hydrogen-bond donors (Lipinski definition) is 1. The molecule has 1 aromatic carbocycles. The zero-order valence-corrected chi connectivity index (χ0v) is 14.3. The first-order valence-corrected chi connectivity index (χ1v) is 8.57. The lowest BCUT2D eigenvalue weighted by Gasteiger charge is -2.11. The highest BCUT2D eigenvalue weighted by Gasteiger charge is 2.02. The van der Waals surface area contributed by atoms with Crippen LogP contribution in [0.4, 0.5) is 0 Å². The standard InChI is InChI=1S/C19H33NO/c1-5-17(4)18-9-11-19(12-10-18)21-14-8-6-7-13-20-15-16(2)3/h9-12,16-17,20H,5-8,13-15H2,1-4H3. The van der Waals surface area contributed by atoms with Crippen LogP contribution >= 0.6 is 0 Å². The molecule has 0 spiro atoms. The second kappa shape index (κ2) is 10.7. The fourth-order valence-electron chi connectivity index (χ4n) is 2.24. The second-order valence-corrected chi connectivity index (χ2v) is 6.39. The van der Waals surface area contributed by atoms with Gasteiger partial charge in [-0.3, -0.25) is 0 Å². The summed E-state index contributed by atoms with van der Waals surface area (Å²) in [4.78, 5) is 0. The van der Waals surface area contributed by atoms with Gasteiger partial charge in [-0.1, -0.05) is 39.8 Å². The summed E-state index contributed by atoms with van der Waals surface area (Å²) in [6.45, 7) is 12.1. The van der Waals surface area contributed by atoms with E-state index in [1.807, 2.05) is 0 Å². The first-order chi connectivity index (χ1) is 10.1. The Hall–Kier alpha value is -1.02. The number of unbranched alkanes of at least 4 members (excludes halogenated alkanes) is 2. The van der Waals surface area contributed by atoms with E-state index < -0.39 is 0 Å². The van der Waals surface area contributed by atoms with Crippen LogP contribution < -0.4 is 10.1 Å². The average Bonchev–Trinajstić information content (AvgIpc) is 2.49. The van der Waals surface area contributed by atoms with Crippen molar-refractivity contribution in [2.24, 2.45) is 5.92 Å². The lowest BCUT2D eigenvalue weighted by atomic mass is 9.99. The summed E-state index contributed by atoms with van der Waals surface area (Å²) in [6.07, 6.45) is 4.79. The number of rotatable bonds is 11. The quantitative estimate of drug-likeness (QED) is 0.580. The van der Waals surface area contributed by atoms with E-state index in [0.29, 0.717) is 5.92 Å². The predicted molar refractivity (Wildman–Crippen MR) is 92.2 cm³/mol. The van der Waals surface area contributed by atoms with Crippen molar-refractivity contribution in [1.82, 2.24) is 5.32 Å². The van der Waals surface area contributed by atoms with Crippen molar-refractivity contribution in [1.29, 1.82) is 0 Å². The van der Waals surface area contributed by atoms with Crippen LogP contribution in [0.3, 0.4) is 0 Å². The summed E-state index contributed by atoms with van der Waals surface area (Å²) in [5, 5.41) is 3.47. The van der Waals surface area contributed by atoms with Gasteiger partial charge in [0.2, 0.25) is 0 Å². The molecule has 0 aliphatic carbocycles. The highest BCUT2D eigenvalue weighted by Crippen LogP contribution is 2.21. The molecule has 1 atom stereocenters. The third-order valence-electron chi connectivity index (χ3n) is 3.88. The van der Waals surface area contributed by atoms with Crippen LogP contribution in [0.1, 0.15) is 64.9 Å². The Morgan fingerprint density at radius 2 is 1.71 bits per heavy atom. The van der Waals surface area contributed by atoms with E-state index in [9.17, 15) is 0 Å². The molecule has 2 heteroatoms. The minimum Gasteiger partial charge on any atom is -0.494 e. The highest BCUT2D eigenvalue weighted by atomic mass is 16.5. The molecular formula is C19H33NO. The van der Waals surface area contributed by atoms with E-state index >= 15 is 0 Å². The molecule has 1 aromatic rings. The van der Waals surface area contributed by atoms with Gasteiger partial charge in [0.1, 0.15) is 5.75 Å². The van der Waals surface area contributed by atoms with Crippen molar-refractivity contribution in [3.05, 3.63) is 29.8 Å². The predicted octanol–water partition coefficient (Wildman–Crippen LogP) is 4.99. The SMILES string of the molecule is CCC(C)c1ccc(OCCCCCNCC(C)C)cc1. The van der Waals surface area contributed by atoms with Crippen LogP contribution in [0.15, 0.2) is 24.3 Å². The first-order valence-electron chi connectivity index (χ1n) is 8.57. The van der Waals surface area contributed by atoms with E-state index in [0.717, 1.165) is 37.8 Å². The second-order valence-electron chi connectivity index (χ2n) is 6.39. The van der Waals surface area contributed by atoms with Gasteiger partial charge in [-0.25, -0.2) is 0 Å². The number of nitrogens with one attached hydrogen (secondary N) is 1. The Labute approximate surface area is 131 Å². The van der Waals surface area contributed by atoms with Gasteiger partial charge in [0.25, 0.3) is 0 Å². The molecule has 0 aromatic heterocycles. The fourth-order valence-corrected chi connectivity index (χ4v) is 2.24. The zero-order chi connectivity index (χ0) is 15.5. The number of ether oxygens (including phenoxy) is 1. The van der Waals surface area contributed by atoms with E-state index in [4.69, 9.17) is 4.74 Å². The maximum atomic E-state index is 5.80. The Kier molecular flexibility index (Phi) is 9.16. The molecule has 0 saturated carbocycles. The van der Waals surface area contributed by atoms with Crippen molar-refractivity contribution >= 4 is 0 Å². The molecule has 0 fully saturated rings. The van der Waals surface area contributed by atoms with E-state index in [-0.39, 0.29) is 0 Å². The van der Waals surface area contributed by atoms with Crippen molar-refractivity contribution in [2.45, 2.75) is 59.3 Å². The van der Waals surface area contributed by atoms with Crippen LogP contribution in [-0.4, -0.2) is 19.7 Å². The van der Waals surface area contributed by atoms with Gasteiger partial charge < -0.3 is 10.1 Å². The zero-order valence-electron chi connectivity index (χ0n) is 14.3. The van der Waals surface area contributed by atoms with E-state index in [2.05, 4.69) is 57.3 Å². The van der Waals surface area contributed by atoms with Crippen molar-refractivity contribution in [2.75, 3.05) is 19.7 Å². The molecule has 1 N–H and O–H groups in total. The highest BCUT2D eigenvalue weighted by molar-refractivity contribution is 5.29. The maximum absolute atomic E-state index is 5.80. The molecule has 1 rings (SSSR count). The van der Waals surface area contributed by atoms with Gasteiger partial charge in [-0.2, -0.15) is 0 Å². The summed E-state index contributed by atoms with van der Waals surface area (Å²) >= 11 is 0. The Morgan fingerprint density at radius 1 is 1.00 bits per heavy atom. The van der Waals surface area contributed by atoms with Crippen molar-refractivity contribution < 1.29 is 4.74 Å². The third-order valence-corrected chi connectivity index (χ3v) is 3.88. The van der Waals surface area contributed by atoms with Crippen LogP contribution in [-0.2, 0) is 0 Å². The number of hydrogen-bond acceptors (Lipinski definition) is 2. The average molecular weight is 291 g/mol. The summed E-state index contributed by atoms with van der Waals surface area (Å²) in [7, 11) is 0. The first kappa shape index (κ1) is 18.0. The molecule has 1 unspecified atom stereocenters. The van der Waals surface area contributed by atoms with Crippen LogP contribution in [0.25, 0.3) is 0 Å². The van der Waals surface area contributed by atoms with Crippen molar-refractivity contribution in [3.8, 4) is 5.75 Å². The lowest BCUT2D eigenvalue weighted by molar-refractivity contribution is 0.304. The van der Waals surface area contributed by atoms with Crippen LogP contribution in [0.5, 0.6) is 5.75 Å². The summed E-state index contributed by atoms with van der Waals surface area (Å²) in [5.74, 6) is 2.38. The van der Waals surface area contributed by atoms with Gasteiger partial charge in [0.15, 0.2) is 0 Å². The topological polar surface area (TPSA) is 21.3 Å². The minimum atomic E-state index is 0.636. The van der Waals surface area contributed by atoms with Gasteiger partial charge in [0, 0.05) is 0 Å². The molecule has 120 valence electrons. The molecule has 0 aliphatic heterocycles. The summed E-state index contributed by atoms with van der Waals surface area (Å²) in [6, 6.07) is 8.59. The van der Waals surface area contributed by atoms with Gasteiger partial charge in [0.05, 0.1) is 6.61 Å². The summed E-state index contributed by atoms with van der Waals surface area (Å²) < 4.78 is 5.80. The smallest absolute Gasteiger partial charge is 0.119 e. The third kappa shape index (κ3) is 8.11. The van der Waals surface area contributed by atoms with Crippen molar-refractivity contribution in [3.63, 3.8) is 0 Å². The molecule has 0 bridgehead atoms. The van der Waals surface area contributed by atoms with Gasteiger partial charge >= 0.3 is 0 Å². The molecule has 0 amide bonds. The molecular weight excluding hydrogens is 258 g/mol. The largest absolute Gasteiger partial charge is 0.494 e. The molecule has 0 heterocycles. The van der Waals surface area contributed by atoms with Crippen LogP contribution in [0, 0.1) is 5.92 Å². The Bertz CT molecular complexity index is 358. The molecule has 2 nitrogen and oxygen atoms in total. The normalized spacial score (nSPS) is 12.6. The van der Waals surface area contributed by atoms with Gasteiger partial charge in [-0.15, -0.1) is 0 Å². The maximum Gasteiger partial charge on any atom is 0.119 e. The summed E-state index contributed by atoms with van der Waals surface area (Å²) in [5.41, 5.74) is 1.40. The monoisotopic (exact) mass is 291 g/mol. The van der Waals surface area contributed by atoms with Gasteiger partial charge in [-0.05, 0) is 68.3 Å². The lowest BCUT2D eigenvalue weighted by Crippen LogP contribution is -2.20.